The number of aryl methyl sites for hydroxylation is 4. The van der Waals surface area contributed by atoms with Gasteiger partial charge in [0, 0.05) is 6.42 Å². The summed E-state index contributed by atoms with van der Waals surface area (Å²) in [6.07, 6.45) is 1.00. The van der Waals surface area contributed by atoms with E-state index < -0.39 is 0 Å². The van der Waals surface area contributed by atoms with Crippen LogP contribution >= 0.6 is 0 Å². The molecule has 0 unspecified atom stereocenters. The third-order valence-corrected chi connectivity index (χ3v) is 3.38. The molecule has 0 aliphatic carbocycles. The van der Waals surface area contributed by atoms with Crippen molar-refractivity contribution in [1.82, 2.24) is 0 Å². The third-order valence-electron chi connectivity index (χ3n) is 3.38. The van der Waals surface area contributed by atoms with Crippen molar-refractivity contribution in [3.63, 3.8) is 0 Å². The highest BCUT2D eigenvalue weighted by atomic mass is 16.2. The Hall–Kier alpha value is -2.80. The number of hydrogen-bond donors (Lipinski definition) is 0. The molecule has 0 spiro atoms. The Kier molecular flexibility index (Phi) is 10.4. The van der Waals surface area contributed by atoms with E-state index in [1.54, 1.807) is 0 Å². The fourth-order valence-electron chi connectivity index (χ4n) is 2.00. The molecular formula is C20H24N2O2. The fourth-order valence-corrected chi connectivity index (χ4v) is 2.00. The normalized spacial score (nSPS) is 8.54. The van der Waals surface area contributed by atoms with Crippen LogP contribution in [0.15, 0.2) is 42.5 Å². The van der Waals surface area contributed by atoms with Gasteiger partial charge >= 0.3 is 6.15 Å². The molecule has 0 aliphatic heterocycles. The van der Waals surface area contributed by atoms with E-state index in [9.17, 15) is 0 Å². The molecule has 0 bridgehead atoms. The minimum atomic E-state index is 0.250. The van der Waals surface area contributed by atoms with Crippen LogP contribution in [0.3, 0.4) is 0 Å². The molecule has 0 heterocycles. The van der Waals surface area contributed by atoms with Gasteiger partial charge in [0.1, 0.15) is 0 Å². The molecule has 0 N–H and O–H groups in total. The lowest BCUT2D eigenvalue weighted by Gasteiger charge is -2.01. The van der Waals surface area contributed by atoms with Crippen molar-refractivity contribution < 1.29 is 14.4 Å². The zero-order valence-corrected chi connectivity index (χ0v) is 15.0. The van der Waals surface area contributed by atoms with Gasteiger partial charge in [0.05, 0.1) is 5.56 Å². The van der Waals surface area contributed by atoms with Gasteiger partial charge in [-0.1, -0.05) is 60.0 Å². The fraction of sp³-hybridized carbons (Fsp3) is 0.300. The molecule has 4 heteroatoms. The molecule has 0 aliphatic rings. The van der Waals surface area contributed by atoms with Crippen LogP contribution in [0.2, 0.25) is 0 Å². The van der Waals surface area contributed by atoms with Gasteiger partial charge < -0.3 is 5.53 Å². The molecular weight excluding hydrogens is 300 g/mol. The van der Waals surface area contributed by atoms with Gasteiger partial charge in [-0.2, -0.15) is 14.4 Å². The van der Waals surface area contributed by atoms with Crippen LogP contribution in [-0.4, -0.2) is 16.7 Å². The van der Waals surface area contributed by atoms with Gasteiger partial charge in [-0.3, -0.25) is 0 Å². The smallest absolute Gasteiger partial charge is 0.361 e. The SMILES string of the molecule is CCC(=[N+]=[N-])c1cc(C)ccc1C.Cc1ccc(C)cc1.O=C=O. The summed E-state index contributed by atoms with van der Waals surface area (Å²) < 4.78 is 0. The van der Waals surface area contributed by atoms with E-state index in [0.29, 0.717) is 0 Å². The number of nitrogens with zero attached hydrogens (tertiary/aromatic N) is 2. The van der Waals surface area contributed by atoms with E-state index in [2.05, 4.69) is 49.0 Å². The second-order valence-electron chi connectivity index (χ2n) is 5.46. The molecule has 4 nitrogen and oxygen atoms in total. The number of hydrogen-bond acceptors (Lipinski definition) is 2. The maximum Gasteiger partial charge on any atom is 0.373 e. The van der Waals surface area contributed by atoms with Gasteiger partial charge in [0.2, 0.25) is 0 Å². The molecule has 0 saturated carbocycles. The second kappa shape index (κ2) is 11.7. The minimum absolute atomic E-state index is 0.250. The van der Waals surface area contributed by atoms with Gasteiger partial charge in [-0.05, 0) is 39.3 Å². The van der Waals surface area contributed by atoms with E-state index >= 15 is 0 Å². The molecule has 2 aromatic rings. The van der Waals surface area contributed by atoms with Crippen molar-refractivity contribution in [2.75, 3.05) is 0 Å². The number of carbonyl (C=O) groups excluding carboxylic acids is 2. The van der Waals surface area contributed by atoms with Crippen LogP contribution in [0.5, 0.6) is 0 Å². The van der Waals surface area contributed by atoms with Crippen molar-refractivity contribution in [2.24, 2.45) is 0 Å². The van der Waals surface area contributed by atoms with Crippen molar-refractivity contribution in [1.29, 1.82) is 0 Å². The lowest BCUT2D eigenvalue weighted by atomic mass is 10.0. The van der Waals surface area contributed by atoms with E-state index in [1.165, 1.54) is 16.7 Å². The van der Waals surface area contributed by atoms with E-state index in [0.717, 1.165) is 23.3 Å². The maximum atomic E-state index is 8.78. The maximum absolute atomic E-state index is 8.78. The van der Waals surface area contributed by atoms with Crippen molar-refractivity contribution in [3.05, 3.63) is 75.8 Å². The molecule has 0 fully saturated rings. The molecule has 0 amide bonds. The third kappa shape index (κ3) is 8.00. The van der Waals surface area contributed by atoms with Gasteiger partial charge in [0.25, 0.3) is 5.71 Å². The summed E-state index contributed by atoms with van der Waals surface area (Å²) in [5.41, 5.74) is 15.6. The lowest BCUT2D eigenvalue weighted by Crippen LogP contribution is -2.03. The predicted octanol–water partition coefficient (Wildman–Crippen LogP) is 4.45. The van der Waals surface area contributed by atoms with Crippen LogP contribution < -0.4 is 0 Å². The Morgan fingerprint density at radius 3 is 1.71 bits per heavy atom. The second-order valence-corrected chi connectivity index (χ2v) is 5.46. The molecule has 24 heavy (non-hydrogen) atoms. The van der Waals surface area contributed by atoms with Gasteiger partial charge in [0.15, 0.2) is 0 Å². The van der Waals surface area contributed by atoms with E-state index in [1.807, 2.05) is 32.9 Å². The highest BCUT2D eigenvalue weighted by Crippen LogP contribution is 2.12. The first-order valence-corrected chi connectivity index (χ1v) is 7.70. The molecule has 2 rings (SSSR count). The summed E-state index contributed by atoms with van der Waals surface area (Å²) >= 11 is 0. The number of benzene rings is 2. The summed E-state index contributed by atoms with van der Waals surface area (Å²) in [6, 6.07) is 14.6. The first-order chi connectivity index (χ1) is 11.4. The average molecular weight is 324 g/mol. The Balaban J connectivity index is 0.000000409. The van der Waals surface area contributed by atoms with Crippen LogP contribution in [0.25, 0.3) is 5.53 Å². The molecule has 126 valence electrons. The van der Waals surface area contributed by atoms with Crippen molar-refractivity contribution in [3.8, 4) is 0 Å². The summed E-state index contributed by atoms with van der Waals surface area (Å²) in [7, 11) is 0. The quantitative estimate of drug-likeness (QED) is 0.465. The Morgan fingerprint density at radius 1 is 0.917 bits per heavy atom. The summed E-state index contributed by atoms with van der Waals surface area (Å²) in [6.45, 7) is 10.2. The van der Waals surface area contributed by atoms with Crippen LogP contribution in [0.1, 0.15) is 41.2 Å². The average Bonchev–Trinajstić information content (AvgIpc) is 2.56. The first-order valence-electron chi connectivity index (χ1n) is 7.70. The molecule has 2 aromatic carbocycles. The minimum Gasteiger partial charge on any atom is -0.361 e. The summed E-state index contributed by atoms with van der Waals surface area (Å²) in [4.78, 5) is 19.5. The molecule has 0 aromatic heterocycles. The van der Waals surface area contributed by atoms with Gasteiger partial charge in [-0.25, -0.2) is 0 Å². The zero-order valence-electron chi connectivity index (χ0n) is 15.0. The van der Waals surface area contributed by atoms with Crippen LogP contribution in [0, 0.1) is 27.7 Å². The van der Waals surface area contributed by atoms with Crippen molar-refractivity contribution >= 4 is 11.9 Å². The summed E-state index contributed by atoms with van der Waals surface area (Å²) in [5.74, 6) is 0. The predicted molar refractivity (Wildman–Crippen MR) is 94.9 cm³/mol. The molecule has 0 radical (unpaired) electrons. The number of rotatable bonds is 2. The molecule has 0 saturated heterocycles. The molecule has 0 atom stereocenters. The Labute approximate surface area is 143 Å². The monoisotopic (exact) mass is 324 g/mol. The first kappa shape index (κ1) is 21.2. The lowest BCUT2D eigenvalue weighted by molar-refractivity contribution is -0.191. The van der Waals surface area contributed by atoms with Gasteiger partial charge in [-0.15, -0.1) is 0 Å². The largest absolute Gasteiger partial charge is 0.373 e. The Bertz CT molecular complexity index is 701. The summed E-state index contributed by atoms with van der Waals surface area (Å²) in [5, 5.41) is 0. The van der Waals surface area contributed by atoms with E-state index in [-0.39, 0.29) is 6.15 Å². The Morgan fingerprint density at radius 2 is 1.33 bits per heavy atom. The van der Waals surface area contributed by atoms with Crippen molar-refractivity contribution in [2.45, 2.75) is 41.0 Å². The van der Waals surface area contributed by atoms with Crippen LogP contribution in [0.4, 0.5) is 0 Å². The topological polar surface area (TPSA) is 70.5 Å². The standard InChI is InChI=1S/C11H14N2.C8H10.CO2/c1-4-11(13-12)10-7-8(2)5-6-9(10)3;1-7-3-5-8(2)6-4-7;2-1-3/h5-7H,4H2,1-3H3;3-6H,1-2H3;. The highest BCUT2D eigenvalue weighted by Gasteiger charge is 2.11. The van der Waals surface area contributed by atoms with E-state index in [4.69, 9.17) is 15.1 Å². The zero-order chi connectivity index (χ0) is 18.5. The van der Waals surface area contributed by atoms with Crippen LogP contribution in [-0.2, 0) is 9.59 Å². The highest BCUT2D eigenvalue weighted by molar-refractivity contribution is 5.97.